The molecule has 2 rings (SSSR count). The number of aliphatic hydroxyl groups excluding tert-OH is 1. The summed E-state index contributed by atoms with van der Waals surface area (Å²) in [6.45, 7) is 1.95. The minimum Gasteiger partial charge on any atom is -0.388 e. The van der Waals surface area contributed by atoms with Gasteiger partial charge in [0.05, 0.1) is 6.10 Å². The molecule has 0 aromatic heterocycles. The van der Waals surface area contributed by atoms with Crippen molar-refractivity contribution < 1.29 is 9.50 Å². The van der Waals surface area contributed by atoms with Gasteiger partial charge in [-0.25, -0.2) is 4.39 Å². The van der Waals surface area contributed by atoms with Crippen LogP contribution in [0, 0.1) is 5.82 Å². The molecule has 0 radical (unpaired) electrons. The number of aliphatic hydroxyl groups is 1. The van der Waals surface area contributed by atoms with Crippen molar-refractivity contribution in [2.45, 2.75) is 29.2 Å². The van der Waals surface area contributed by atoms with Gasteiger partial charge in [-0.2, -0.15) is 0 Å². The number of benzene rings is 2. The molecule has 3 heteroatoms. The predicted octanol–water partition coefficient (Wildman–Crippen LogP) is 4.42. The molecule has 0 saturated carbocycles. The summed E-state index contributed by atoms with van der Waals surface area (Å²) in [5.74, 6) is -0.235. The first-order chi connectivity index (χ1) is 8.70. The van der Waals surface area contributed by atoms with Crippen molar-refractivity contribution in [3.8, 4) is 0 Å². The first-order valence-electron chi connectivity index (χ1n) is 5.91. The predicted molar refractivity (Wildman–Crippen MR) is 72.2 cm³/mol. The van der Waals surface area contributed by atoms with Crippen LogP contribution in [-0.2, 0) is 0 Å². The number of hydrogen-bond donors (Lipinski definition) is 1. The van der Waals surface area contributed by atoms with Crippen molar-refractivity contribution in [3.05, 3.63) is 59.9 Å². The van der Waals surface area contributed by atoms with Crippen LogP contribution in [-0.4, -0.2) is 5.11 Å². The quantitative estimate of drug-likeness (QED) is 0.880. The Kier molecular flexibility index (Phi) is 4.39. The molecule has 0 aliphatic heterocycles. The Morgan fingerprint density at radius 1 is 1.11 bits per heavy atom. The first kappa shape index (κ1) is 13.1. The highest BCUT2D eigenvalue weighted by Gasteiger charge is 2.10. The van der Waals surface area contributed by atoms with E-state index in [1.54, 1.807) is 12.1 Å². The van der Waals surface area contributed by atoms with Crippen LogP contribution in [0.5, 0.6) is 0 Å². The SMILES string of the molecule is CC[C@H](O)c1ccccc1Sc1ccc(F)cc1. The van der Waals surface area contributed by atoms with E-state index in [4.69, 9.17) is 0 Å². The van der Waals surface area contributed by atoms with E-state index in [0.717, 1.165) is 15.4 Å². The summed E-state index contributed by atoms with van der Waals surface area (Å²) in [5, 5.41) is 9.96. The minimum absolute atomic E-state index is 0.235. The van der Waals surface area contributed by atoms with Gasteiger partial charge >= 0.3 is 0 Å². The van der Waals surface area contributed by atoms with E-state index in [0.29, 0.717) is 6.42 Å². The van der Waals surface area contributed by atoms with E-state index in [9.17, 15) is 9.50 Å². The molecule has 0 spiro atoms. The van der Waals surface area contributed by atoms with Crippen LogP contribution in [0.15, 0.2) is 58.3 Å². The van der Waals surface area contributed by atoms with Crippen LogP contribution in [0.4, 0.5) is 4.39 Å². The highest BCUT2D eigenvalue weighted by molar-refractivity contribution is 7.99. The average Bonchev–Trinajstić information content (AvgIpc) is 2.41. The summed E-state index contributed by atoms with van der Waals surface area (Å²) < 4.78 is 12.8. The third-order valence-electron chi connectivity index (χ3n) is 2.71. The fourth-order valence-electron chi connectivity index (χ4n) is 1.70. The van der Waals surface area contributed by atoms with E-state index in [-0.39, 0.29) is 5.82 Å². The van der Waals surface area contributed by atoms with Gasteiger partial charge in [0.1, 0.15) is 5.82 Å². The van der Waals surface area contributed by atoms with Gasteiger partial charge in [0, 0.05) is 9.79 Å². The number of halogens is 1. The third-order valence-corrected chi connectivity index (χ3v) is 3.81. The second-order valence-electron chi connectivity index (χ2n) is 4.02. The normalized spacial score (nSPS) is 12.4. The van der Waals surface area contributed by atoms with E-state index < -0.39 is 6.10 Å². The van der Waals surface area contributed by atoms with Crippen molar-refractivity contribution >= 4 is 11.8 Å². The molecule has 1 N–H and O–H groups in total. The largest absolute Gasteiger partial charge is 0.388 e. The second kappa shape index (κ2) is 6.03. The van der Waals surface area contributed by atoms with Crippen LogP contribution in [0.1, 0.15) is 25.0 Å². The van der Waals surface area contributed by atoms with Gasteiger partial charge in [0.25, 0.3) is 0 Å². The van der Waals surface area contributed by atoms with Crippen molar-refractivity contribution in [1.29, 1.82) is 0 Å². The molecule has 2 aromatic rings. The van der Waals surface area contributed by atoms with Crippen LogP contribution in [0.2, 0.25) is 0 Å². The molecule has 0 aliphatic carbocycles. The maximum absolute atomic E-state index is 12.8. The van der Waals surface area contributed by atoms with E-state index in [1.807, 2.05) is 31.2 Å². The Hall–Kier alpha value is -1.32. The lowest BCUT2D eigenvalue weighted by Gasteiger charge is -2.13. The molecule has 0 aliphatic rings. The number of hydrogen-bond acceptors (Lipinski definition) is 2. The molecule has 2 aromatic carbocycles. The van der Waals surface area contributed by atoms with Gasteiger partial charge in [-0.1, -0.05) is 36.9 Å². The molecule has 94 valence electrons. The Labute approximate surface area is 111 Å². The maximum Gasteiger partial charge on any atom is 0.123 e. The van der Waals surface area contributed by atoms with Crippen LogP contribution in [0.3, 0.4) is 0 Å². The molecule has 0 saturated heterocycles. The minimum atomic E-state index is -0.450. The molecule has 0 bridgehead atoms. The Balaban J connectivity index is 2.26. The zero-order valence-electron chi connectivity index (χ0n) is 10.1. The highest BCUT2D eigenvalue weighted by Crippen LogP contribution is 2.34. The number of rotatable bonds is 4. The lowest BCUT2D eigenvalue weighted by molar-refractivity contribution is 0.171. The monoisotopic (exact) mass is 262 g/mol. The van der Waals surface area contributed by atoms with Gasteiger partial charge in [-0.15, -0.1) is 0 Å². The molecule has 1 nitrogen and oxygen atoms in total. The summed E-state index contributed by atoms with van der Waals surface area (Å²) in [6, 6.07) is 14.1. The maximum atomic E-state index is 12.8. The van der Waals surface area contributed by atoms with Crippen molar-refractivity contribution in [1.82, 2.24) is 0 Å². The molecule has 0 heterocycles. The summed E-state index contributed by atoms with van der Waals surface area (Å²) >= 11 is 1.54. The summed E-state index contributed by atoms with van der Waals surface area (Å²) in [5.41, 5.74) is 0.925. The van der Waals surface area contributed by atoms with Gasteiger partial charge in [0.2, 0.25) is 0 Å². The Morgan fingerprint density at radius 2 is 1.78 bits per heavy atom. The molecule has 0 amide bonds. The average molecular weight is 262 g/mol. The zero-order chi connectivity index (χ0) is 13.0. The van der Waals surface area contributed by atoms with Gasteiger partial charge < -0.3 is 5.11 Å². The molecule has 0 fully saturated rings. The first-order valence-corrected chi connectivity index (χ1v) is 6.72. The van der Waals surface area contributed by atoms with Crippen molar-refractivity contribution in [3.63, 3.8) is 0 Å². The zero-order valence-corrected chi connectivity index (χ0v) is 11.0. The standard InChI is InChI=1S/C15H15FOS/c1-2-14(17)13-5-3-4-6-15(13)18-12-9-7-11(16)8-10-12/h3-10,14,17H,2H2,1H3/t14-/m0/s1. The Bertz CT molecular complexity index is 510. The fraction of sp³-hybridized carbons (Fsp3) is 0.200. The van der Waals surface area contributed by atoms with E-state index in [2.05, 4.69) is 0 Å². The van der Waals surface area contributed by atoms with Crippen molar-refractivity contribution in [2.75, 3.05) is 0 Å². The van der Waals surface area contributed by atoms with E-state index in [1.165, 1.54) is 23.9 Å². The Morgan fingerprint density at radius 3 is 2.44 bits per heavy atom. The summed E-state index contributed by atoms with van der Waals surface area (Å²) in [4.78, 5) is 1.98. The summed E-state index contributed by atoms with van der Waals surface area (Å²) in [6.07, 6.45) is 0.232. The van der Waals surface area contributed by atoms with Crippen LogP contribution in [0.25, 0.3) is 0 Å². The van der Waals surface area contributed by atoms with Crippen LogP contribution < -0.4 is 0 Å². The third kappa shape index (κ3) is 3.12. The molecule has 0 unspecified atom stereocenters. The van der Waals surface area contributed by atoms with Gasteiger partial charge in [-0.3, -0.25) is 0 Å². The smallest absolute Gasteiger partial charge is 0.123 e. The molecular formula is C15H15FOS. The van der Waals surface area contributed by atoms with Gasteiger partial charge in [-0.05, 0) is 42.3 Å². The lowest BCUT2D eigenvalue weighted by atomic mass is 10.1. The highest BCUT2D eigenvalue weighted by atomic mass is 32.2. The van der Waals surface area contributed by atoms with Crippen LogP contribution >= 0.6 is 11.8 Å². The fourth-order valence-corrected chi connectivity index (χ4v) is 2.69. The lowest BCUT2D eigenvalue weighted by Crippen LogP contribution is -1.96. The summed E-state index contributed by atoms with van der Waals surface area (Å²) in [7, 11) is 0. The molecular weight excluding hydrogens is 247 g/mol. The second-order valence-corrected chi connectivity index (χ2v) is 5.13. The molecule has 1 atom stereocenters. The molecule has 18 heavy (non-hydrogen) atoms. The van der Waals surface area contributed by atoms with Gasteiger partial charge in [0.15, 0.2) is 0 Å². The van der Waals surface area contributed by atoms with Crippen molar-refractivity contribution in [2.24, 2.45) is 0 Å². The van der Waals surface area contributed by atoms with E-state index >= 15 is 0 Å². The topological polar surface area (TPSA) is 20.2 Å².